The molecule has 1 amide bonds. The second kappa shape index (κ2) is 6.53. The lowest BCUT2D eigenvalue weighted by Gasteiger charge is -2.27. The molecular formula is C21H22N2O3S. The first-order valence-corrected chi connectivity index (χ1v) is 9.78. The number of nitrogens with zero attached hydrogens (tertiary/aromatic N) is 2. The maximum absolute atomic E-state index is 12.7. The fourth-order valence-corrected chi connectivity index (χ4v) is 4.22. The van der Waals surface area contributed by atoms with Crippen LogP contribution >= 0.6 is 11.3 Å². The van der Waals surface area contributed by atoms with Crippen molar-refractivity contribution in [2.45, 2.75) is 27.3 Å². The highest BCUT2D eigenvalue weighted by Gasteiger charge is 2.30. The SMILES string of the molecule is CC(C)(C)C(=O)N1CCOc2c(O)cc(-c3nc4ccccc4s3)cc2C1. The molecule has 27 heavy (non-hydrogen) atoms. The van der Waals surface area contributed by atoms with Gasteiger partial charge in [0.1, 0.15) is 11.6 Å². The molecule has 1 aromatic heterocycles. The largest absolute Gasteiger partial charge is 0.504 e. The number of phenolic OH excluding ortho intramolecular Hbond substituents is 1. The third-order valence-electron chi connectivity index (χ3n) is 4.58. The van der Waals surface area contributed by atoms with E-state index in [0.29, 0.717) is 25.4 Å². The van der Waals surface area contributed by atoms with E-state index in [1.54, 1.807) is 22.3 Å². The normalized spacial score (nSPS) is 14.6. The zero-order valence-corrected chi connectivity index (χ0v) is 16.5. The van der Waals surface area contributed by atoms with Crippen LogP contribution in [0.5, 0.6) is 11.5 Å². The summed E-state index contributed by atoms with van der Waals surface area (Å²) in [5.74, 6) is 0.625. The van der Waals surface area contributed by atoms with Gasteiger partial charge in [0.05, 0.1) is 16.8 Å². The Morgan fingerprint density at radius 3 is 2.78 bits per heavy atom. The van der Waals surface area contributed by atoms with E-state index in [1.807, 2.05) is 51.1 Å². The molecule has 0 aliphatic carbocycles. The van der Waals surface area contributed by atoms with Gasteiger partial charge in [-0.2, -0.15) is 0 Å². The summed E-state index contributed by atoms with van der Waals surface area (Å²) in [7, 11) is 0. The van der Waals surface area contributed by atoms with Gasteiger partial charge >= 0.3 is 0 Å². The van der Waals surface area contributed by atoms with E-state index in [9.17, 15) is 9.90 Å². The highest BCUT2D eigenvalue weighted by molar-refractivity contribution is 7.21. The van der Waals surface area contributed by atoms with Gasteiger partial charge < -0.3 is 14.7 Å². The lowest BCUT2D eigenvalue weighted by atomic mass is 9.94. The van der Waals surface area contributed by atoms with E-state index >= 15 is 0 Å². The number of rotatable bonds is 1. The summed E-state index contributed by atoms with van der Waals surface area (Å²) in [5, 5.41) is 11.4. The lowest BCUT2D eigenvalue weighted by Crippen LogP contribution is -2.40. The third-order valence-corrected chi connectivity index (χ3v) is 5.67. The molecule has 3 aromatic rings. The second-order valence-electron chi connectivity index (χ2n) is 7.80. The van der Waals surface area contributed by atoms with Gasteiger partial charge in [-0.3, -0.25) is 4.79 Å². The quantitative estimate of drug-likeness (QED) is 0.676. The number of thiazole rings is 1. The van der Waals surface area contributed by atoms with Crippen molar-refractivity contribution < 1.29 is 14.6 Å². The maximum atomic E-state index is 12.7. The van der Waals surface area contributed by atoms with Crippen LogP contribution in [-0.4, -0.2) is 34.0 Å². The third kappa shape index (κ3) is 3.37. The van der Waals surface area contributed by atoms with Crippen LogP contribution in [0.15, 0.2) is 36.4 Å². The Morgan fingerprint density at radius 1 is 1.26 bits per heavy atom. The number of aromatic hydroxyl groups is 1. The van der Waals surface area contributed by atoms with Crippen LogP contribution in [0.3, 0.4) is 0 Å². The van der Waals surface area contributed by atoms with E-state index < -0.39 is 5.41 Å². The van der Waals surface area contributed by atoms with E-state index in [1.165, 1.54) is 0 Å². The first-order valence-electron chi connectivity index (χ1n) is 8.97. The van der Waals surface area contributed by atoms with Crippen LogP contribution in [0, 0.1) is 5.41 Å². The van der Waals surface area contributed by atoms with E-state index in [-0.39, 0.29) is 11.7 Å². The maximum Gasteiger partial charge on any atom is 0.228 e. The lowest BCUT2D eigenvalue weighted by molar-refractivity contribution is -0.140. The van der Waals surface area contributed by atoms with Crippen molar-refractivity contribution in [3.8, 4) is 22.1 Å². The van der Waals surface area contributed by atoms with Crippen LogP contribution in [0.1, 0.15) is 26.3 Å². The number of hydrogen-bond acceptors (Lipinski definition) is 5. The summed E-state index contributed by atoms with van der Waals surface area (Å²) in [6, 6.07) is 11.6. The molecule has 5 nitrogen and oxygen atoms in total. The van der Waals surface area contributed by atoms with Crippen molar-refractivity contribution in [3.63, 3.8) is 0 Å². The minimum Gasteiger partial charge on any atom is -0.504 e. The first-order chi connectivity index (χ1) is 12.8. The molecule has 4 rings (SSSR count). The highest BCUT2D eigenvalue weighted by Crippen LogP contribution is 2.40. The number of benzene rings is 2. The summed E-state index contributed by atoms with van der Waals surface area (Å²) < 4.78 is 6.86. The van der Waals surface area contributed by atoms with Crippen LogP contribution in [0.2, 0.25) is 0 Å². The number of hydrogen-bond donors (Lipinski definition) is 1. The van der Waals surface area contributed by atoms with Gasteiger partial charge in [-0.1, -0.05) is 32.9 Å². The Bertz CT molecular complexity index is 987. The Hall–Kier alpha value is -2.60. The molecule has 0 unspecified atom stereocenters. The first kappa shape index (κ1) is 17.8. The Labute approximate surface area is 162 Å². The monoisotopic (exact) mass is 382 g/mol. The Balaban J connectivity index is 1.74. The van der Waals surface area contributed by atoms with Gasteiger partial charge in [0.15, 0.2) is 11.5 Å². The zero-order chi connectivity index (χ0) is 19.2. The molecule has 2 heterocycles. The Kier molecular flexibility index (Phi) is 4.30. The molecule has 140 valence electrons. The minimum absolute atomic E-state index is 0.0730. The number of phenols is 1. The molecule has 6 heteroatoms. The summed E-state index contributed by atoms with van der Waals surface area (Å²) in [6.07, 6.45) is 0. The number of para-hydroxylation sites is 1. The summed E-state index contributed by atoms with van der Waals surface area (Å²) in [4.78, 5) is 19.2. The molecular weight excluding hydrogens is 360 g/mol. The van der Waals surface area contributed by atoms with Gasteiger partial charge in [-0.25, -0.2) is 4.98 Å². The molecule has 2 aromatic carbocycles. The van der Waals surface area contributed by atoms with Crippen LogP contribution in [-0.2, 0) is 11.3 Å². The molecule has 0 bridgehead atoms. The van der Waals surface area contributed by atoms with Gasteiger partial charge in [0, 0.05) is 23.1 Å². The van der Waals surface area contributed by atoms with Crippen molar-refractivity contribution in [3.05, 3.63) is 42.0 Å². The second-order valence-corrected chi connectivity index (χ2v) is 8.83. The summed E-state index contributed by atoms with van der Waals surface area (Å²) in [5.41, 5.74) is 2.12. The number of carbonyl (C=O) groups excluding carboxylic acids is 1. The molecule has 1 aliphatic heterocycles. The molecule has 0 spiro atoms. The van der Waals surface area contributed by atoms with Crippen molar-refractivity contribution in [1.29, 1.82) is 0 Å². The van der Waals surface area contributed by atoms with Crippen LogP contribution in [0.25, 0.3) is 20.8 Å². The number of aromatic nitrogens is 1. The number of amides is 1. The molecule has 0 saturated carbocycles. The number of carbonyl (C=O) groups is 1. The molecule has 0 saturated heterocycles. The summed E-state index contributed by atoms with van der Waals surface area (Å²) >= 11 is 1.58. The van der Waals surface area contributed by atoms with E-state index in [4.69, 9.17) is 4.74 Å². The molecule has 0 radical (unpaired) electrons. The van der Waals surface area contributed by atoms with Gasteiger partial charge in [0.25, 0.3) is 0 Å². The average molecular weight is 382 g/mol. The van der Waals surface area contributed by atoms with Crippen molar-refractivity contribution in [2.24, 2.45) is 5.41 Å². The van der Waals surface area contributed by atoms with Gasteiger partial charge in [-0.15, -0.1) is 11.3 Å². The van der Waals surface area contributed by atoms with Crippen LogP contribution < -0.4 is 4.74 Å². The molecule has 1 N–H and O–H groups in total. The van der Waals surface area contributed by atoms with E-state index in [0.717, 1.165) is 26.4 Å². The summed E-state index contributed by atoms with van der Waals surface area (Å²) in [6.45, 7) is 7.02. The predicted molar refractivity (Wildman–Crippen MR) is 107 cm³/mol. The highest BCUT2D eigenvalue weighted by atomic mass is 32.1. The zero-order valence-electron chi connectivity index (χ0n) is 15.7. The topological polar surface area (TPSA) is 62.7 Å². The van der Waals surface area contributed by atoms with Crippen molar-refractivity contribution in [1.82, 2.24) is 9.88 Å². The van der Waals surface area contributed by atoms with E-state index in [2.05, 4.69) is 4.98 Å². The smallest absolute Gasteiger partial charge is 0.228 e. The number of ether oxygens (including phenoxy) is 1. The average Bonchev–Trinajstić information content (AvgIpc) is 2.93. The van der Waals surface area contributed by atoms with Crippen LogP contribution in [0.4, 0.5) is 0 Å². The van der Waals surface area contributed by atoms with Gasteiger partial charge in [-0.05, 0) is 24.3 Å². The Morgan fingerprint density at radius 2 is 2.04 bits per heavy atom. The fourth-order valence-electron chi connectivity index (χ4n) is 3.27. The molecule has 0 fully saturated rings. The van der Waals surface area contributed by atoms with Crippen molar-refractivity contribution >= 4 is 27.5 Å². The van der Waals surface area contributed by atoms with Gasteiger partial charge in [0.2, 0.25) is 5.91 Å². The van der Waals surface area contributed by atoms with Crippen molar-refractivity contribution in [2.75, 3.05) is 13.2 Å². The standard InChI is InChI=1S/C21H22N2O3S/c1-21(2,3)20(25)23-8-9-26-18-14(12-23)10-13(11-16(18)24)19-22-15-6-4-5-7-17(15)27-19/h4-7,10-11,24H,8-9,12H2,1-3H3. The molecule has 0 atom stereocenters. The number of fused-ring (bicyclic) bond motifs is 2. The minimum atomic E-state index is -0.461. The fraction of sp³-hybridized carbons (Fsp3) is 0.333. The predicted octanol–water partition coefficient (Wildman–Crippen LogP) is 4.44. The molecule has 1 aliphatic rings.